The molecule has 1 aliphatic rings. The summed E-state index contributed by atoms with van der Waals surface area (Å²) in [6.07, 6.45) is 2.72. The third-order valence-corrected chi connectivity index (χ3v) is 3.32. The summed E-state index contributed by atoms with van der Waals surface area (Å²) >= 11 is 0. The van der Waals surface area contributed by atoms with Crippen LogP contribution in [0.5, 0.6) is 0 Å². The molecule has 1 saturated heterocycles. The lowest BCUT2D eigenvalue weighted by Crippen LogP contribution is -2.44. The van der Waals surface area contributed by atoms with Crippen LogP contribution in [0.4, 0.5) is 0 Å². The maximum absolute atomic E-state index is 5.10. The Hall–Kier alpha value is -0.120. The topological polar surface area (TPSA) is 24.5 Å². The minimum absolute atomic E-state index is 0.461. The van der Waals surface area contributed by atoms with Crippen LogP contribution in [0.1, 0.15) is 33.6 Å². The van der Waals surface area contributed by atoms with Crippen LogP contribution in [0.3, 0.4) is 0 Å². The van der Waals surface area contributed by atoms with E-state index in [2.05, 4.69) is 31.0 Å². The van der Waals surface area contributed by atoms with E-state index in [4.69, 9.17) is 4.74 Å². The summed E-state index contributed by atoms with van der Waals surface area (Å²) in [7, 11) is 1.76. The molecule has 0 radical (unpaired) electrons. The third-order valence-electron chi connectivity index (χ3n) is 3.32. The summed E-state index contributed by atoms with van der Waals surface area (Å²) in [6, 6.07) is 0.461. The van der Waals surface area contributed by atoms with E-state index >= 15 is 0 Å². The van der Waals surface area contributed by atoms with Crippen molar-refractivity contribution in [2.45, 2.75) is 39.7 Å². The Morgan fingerprint density at radius 3 is 2.81 bits per heavy atom. The molecule has 1 aliphatic heterocycles. The Labute approximate surface area is 101 Å². The normalized spacial score (nSPS) is 23.2. The maximum atomic E-state index is 5.10. The minimum Gasteiger partial charge on any atom is -0.383 e. The van der Waals surface area contributed by atoms with Crippen molar-refractivity contribution in [3.63, 3.8) is 0 Å². The Balaban J connectivity index is 2.13. The van der Waals surface area contributed by atoms with Gasteiger partial charge in [0.25, 0.3) is 0 Å². The number of hydrogen-bond acceptors (Lipinski definition) is 3. The molecule has 1 N–H and O–H groups in total. The molecule has 96 valence electrons. The summed E-state index contributed by atoms with van der Waals surface area (Å²) in [5.74, 6) is 0. The molecule has 0 aromatic heterocycles. The molecule has 0 amide bonds. The third kappa shape index (κ3) is 5.28. The second kappa shape index (κ2) is 6.58. The first-order valence-electron chi connectivity index (χ1n) is 6.48. The number of ether oxygens (including phenoxy) is 1. The average molecular weight is 228 g/mol. The van der Waals surface area contributed by atoms with Gasteiger partial charge in [-0.15, -0.1) is 0 Å². The fourth-order valence-electron chi connectivity index (χ4n) is 2.51. The molecule has 0 aromatic carbocycles. The van der Waals surface area contributed by atoms with Gasteiger partial charge in [-0.1, -0.05) is 13.8 Å². The van der Waals surface area contributed by atoms with Crippen molar-refractivity contribution in [2.24, 2.45) is 5.41 Å². The van der Waals surface area contributed by atoms with Gasteiger partial charge in [-0.2, -0.15) is 0 Å². The lowest BCUT2D eigenvalue weighted by atomic mass is 9.84. The van der Waals surface area contributed by atoms with Crippen LogP contribution in [-0.4, -0.2) is 50.8 Å². The first-order chi connectivity index (χ1) is 7.53. The monoisotopic (exact) mass is 228 g/mol. The predicted octanol–water partition coefficient (Wildman–Crippen LogP) is 1.73. The highest BCUT2D eigenvalue weighted by Crippen LogP contribution is 2.27. The fraction of sp³-hybridized carbons (Fsp3) is 1.00. The zero-order valence-electron chi connectivity index (χ0n) is 11.4. The Morgan fingerprint density at radius 2 is 2.19 bits per heavy atom. The van der Waals surface area contributed by atoms with Gasteiger partial charge in [0, 0.05) is 32.8 Å². The summed E-state index contributed by atoms with van der Waals surface area (Å²) in [5, 5.41) is 3.49. The smallest absolute Gasteiger partial charge is 0.0613 e. The van der Waals surface area contributed by atoms with Crippen molar-refractivity contribution >= 4 is 0 Å². The van der Waals surface area contributed by atoms with E-state index in [0.717, 1.165) is 19.7 Å². The minimum atomic E-state index is 0.461. The molecule has 16 heavy (non-hydrogen) atoms. The van der Waals surface area contributed by atoms with E-state index < -0.39 is 0 Å². The van der Waals surface area contributed by atoms with Crippen molar-refractivity contribution in [1.82, 2.24) is 10.2 Å². The largest absolute Gasteiger partial charge is 0.383 e. The molecular formula is C13H28N2O. The molecule has 0 bridgehead atoms. The zero-order chi connectivity index (χ0) is 12.0. The average Bonchev–Trinajstić information content (AvgIpc) is 2.16. The van der Waals surface area contributed by atoms with Gasteiger partial charge in [0.1, 0.15) is 0 Å². The van der Waals surface area contributed by atoms with Gasteiger partial charge in [0.15, 0.2) is 0 Å². The number of piperidine rings is 1. The molecule has 0 saturated carbocycles. The van der Waals surface area contributed by atoms with Crippen molar-refractivity contribution in [3.8, 4) is 0 Å². The molecule has 1 rings (SSSR count). The number of methoxy groups -OCH3 is 1. The van der Waals surface area contributed by atoms with Crippen molar-refractivity contribution < 1.29 is 4.74 Å². The SMILES string of the molecule is COCC(C)NCCN1CCCC(C)(C)C1. The lowest BCUT2D eigenvalue weighted by Gasteiger charge is -2.38. The zero-order valence-corrected chi connectivity index (χ0v) is 11.4. The summed E-state index contributed by atoms with van der Waals surface area (Å²) < 4.78 is 5.10. The molecule has 0 aliphatic carbocycles. The van der Waals surface area contributed by atoms with E-state index in [0.29, 0.717) is 11.5 Å². The summed E-state index contributed by atoms with van der Waals surface area (Å²) in [5.41, 5.74) is 0.510. The number of rotatable bonds is 6. The van der Waals surface area contributed by atoms with E-state index in [-0.39, 0.29) is 0 Å². The van der Waals surface area contributed by atoms with Crippen LogP contribution < -0.4 is 5.32 Å². The van der Waals surface area contributed by atoms with E-state index in [9.17, 15) is 0 Å². The highest BCUT2D eigenvalue weighted by atomic mass is 16.5. The van der Waals surface area contributed by atoms with Gasteiger partial charge in [0.05, 0.1) is 6.61 Å². The molecule has 1 heterocycles. The molecule has 1 fully saturated rings. The number of nitrogens with one attached hydrogen (secondary N) is 1. The maximum Gasteiger partial charge on any atom is 0.0613 e. The second-order valence-corrected chi connectivity index (χ2v) is 5.85. The van der Waals surface area contributed by atoms with Crippen LogP contribution in [0.25, 0.3) is 0 Å². The quantitative estimate of drug-likeness (QED) is 0.749. The van der Waals surface area contributed by atoms with Crippen molar-refractivity contribution in [3.05, 3.63) is 0 Å². The Morgan fingerprint density at radius 1 is 1.44 bits per heavy atom. The van der Waals surface area contributed by atoms with Crippen molar-refractivity contribution in [1.29, 1.82) is 0 Å². The van der Waals surface area contributed by atoms with Crippen LogP contribution in [0.15, 0.2) is 0 Å². The molecule has 0 aromatic rings. The highest BCUT2D eigenvalue weighted by Gasteiger charge is 2.25. The first kappa shape index (κ1) is 13.9. The second-order valence-electron chi connectivity index (χ2n) is 5.85. The van der Waals surface area contributed by atoms with E-state index in [1.807, 2.05) is 0 Å². The molecule has 3 nitrogen and oxygen atoms in total. The summed E-state index contributed by atoms with van der Waals surface area (Å²) in [6.45, 7) is 12.5. The highest BCUT2D eigenvalue weighted by molar-refractivity contribution is 4.79. The lowest BCUT2D eigenvalue weighted by molar-refractivity contribution is 0.115. The van der Waals surface area contributed by atoms with Gasteiger partial charge in [-0.3, -0.25) is 0 Å². The van der Waals surface area contributed by atoms with Crippen LogP contribution >= 0.6 is 0 Å². The number of hydrogen-bond donors (Lipinski definition) is 1. The summed E-state index contributed by atoms with van der Waals surface area (Å²) in [4.78, 5) is 2.58. The van der Waals surface area contributed by atoms with Gasteiger partial charge in [-0.25, -0.2) is 0 Å². The van der Waals surface area contributed by atoms with E-state index in [1.165, 1.54) is 25.9 Å². The Bertz CT molecular complexity index is 194. The molecule has 3 heteroatoms. The molecule has 0 spiro atoms. The van der Waals surface area contributed by atoms with Crippen molar-refractivity contribution in [2.75, 3.05) is 39.9 Å². The molecule has 1 unspecified atom stereocenters. The van der Waals surface area contributed by atoms with Crippen LogP contribution in [0, 0.1) is 5.41 Å². The molecule has 1 atom stereocenters. The standard InChI is InChI=1S/C13H28N2O/c1-12(10-16-4)14-7-9-15-8-5-6-13(2,3)11-15/h12,14H,5-11H2,1-4H3. The molecular weight excluding hydrogens is 200 g/mol. The first-order valence-corrected chi connectivity index (χ1v) is 6.48. The van der Waals surface area contributed by atoms with E-state index in [1.54, 1.807) is 7.11 Å². The van der Waals surface area contributed by atoms with Crippen LogP contribution in [0.2, 0.25) is 0 Å². The van der Waals surface area contributed by atoms with Gasteiger partial charge in [-0.05, 0) is 31.7 Å². The number of likely N-dealkylation sites (tertiary alicyclic amines) is 1. The Kier molecular flexibility index (Phi) is 5.73. The van der Waals surface area contributed by atoms with Gasteiger partial charge < -0.3 is 15.0 Å². The fourth-order valence-corrected chi connectivity index (χ4v) is 2.51. The van der Waals surface area contributed by atoms with Crippen LogP contribution in [-0.2, 0) is 4.74 Å². The van der Waals surface area contributed by atoms with Gasteiger partial charge >= 0.3 is 0 Å². The predicted molar refractivity (Wildman–Crippen MR) is 68.8 cm³/mol. The van der Waals surface area contributed by atoms with Gasteiger partial charge in [0.2, 0.25) is 0 Å². The number of nitrogens with zero attached hydrogens (tertiary/aromatic N) is 1.